The van der Waals surface area contributed by atoms with E-state index in [4.69, 9.17) is 16.7 Å². The van der Waals surface area contributed by atoms with Gasteiger partial charge in [0.15, 0.2) is 0 Å². The fraction of sp³-hybridized carbons (Fsp3) is 0. The molecule has 0 saturated carbocycles. The van der Waals surface area contributed by atoms with E-state index in [-0.39, 0.29) is 27.6 Å². The molecule has 0 aliphatic rings. The molecule has 2 N–H and O–H groups in total. The van der Waals surface area contributed by atoms with E-state index in [2.05, 4.69) is 5.32 Å². The molecule has 0 bridgehead atoms. The summed E-state index contributed by atoms with van der Waals surface area (Å²) in [5.74, 6) is -1.91. The van der Waals surface area contributed by atoms with Crippen molar-refractivity contribution in [1.29, 1.82) is 0 Å². The molecule has 0 fully saturated rings. The van der Waals surface area contributed by atoms with Gasteiger partial charge in [-0.2, -0.15) is 0 Å². The van der Waals surface area contributed by atoms with Gasteiger partial charge in [-0.15, -0.1) is 0 Å². The number of nitro benzene ring substituents is 1. The molecule has 0 spiro atoms. The fourth-order valence-corrected chi connectivity index (χ4v) is 1.83. The lowest BCUT2D eigenvalue weighted by Gasteiger charge is -2.11. The standard InChI is InChI=1S/C13H8ClFN2O4/c14-10-3-1-7(15)5-12(10)16-11-4-2-8(17(20)21)6-9(11)13(18)19/h1-6,16H,(H,18,19). The molecule has 2 aromatic carbocycles. The van der Waals surface area contributed by atoms with Crippen LogP contribution < -0.4 is 5.32 Å². The number of nitrogens with zero attached hydrogens (tertiary/aromatic N) is 1. The van der Waals surface area contributed by atoms with Gasteiger partial charge >= 0.3 is 5.97 Å². The van der Waals surface area contributed by atoms with Gasteiger partial charge < -0.3 is 10.4 Å². The predicted octanol–water partition coefficient (Wildman–Crippen LogP) is 3.83. The number of aromatic carboxylic acids is 1. The first-order chi connectivity index (χ1) is 9.88. The predicted molar refractivity (Wildman–Crippen MR) is 74.7 cm³/mol. The summed E-state index contributed by atoms with van der Waals surface area (Å²) in [5, 5.41) is 22.6. The molecule has 0 aromatic heterocycles. The Morgan fingerprint density at radius 3 is 2.57 bits per heavy atom. The first kappa shape index (κ1) is 14.7. The third kappa shape index (κ3) is 3.26. The molecular weight excluding hydrogens is 303 g/mol. The second-order valence-electron chi connectivity index (χ2n) is 4.04. The zero-order valence-electron chi connectivity index (χ0n) is 10.3. The van der Waals surface area contributed by atoms with Gasteiger partial charge in [0.05, 0.1) is 26.9 Å². The number of carboxylic acid groups (broad SMARTS) is 1. The number of rotatable bonds is 4. The summed E-state index contributed by atoms with van der Waals surface area (Å²) >= 11 is 5.87. The Kier molecular flexibility index (Phi) is 4.04. The number of non-ortho nitro benzene ring substituents is 1. The largest absolute Gasteiger partial charge is 0.478 e. The Morgan fingerprint density at radius 1 is 1.24 bits per heavy atom. The number of anilines is 2. The Hall–Kier alpha value is -2.67. The highest BCUT2D eigenvalue weighted by atomic mass is 35.5. The summed E-state index contributed by atoms with van der Waals surface area (Å²) in [6, 6.07) is 6.84. The van der Waals surface area contributed by atoms with Crippen molar-refractivity contribution in [2.75, 3.05) is 5.32 Å². The van der Waals surface area contributed by atoms with Crippen LogP contribution in [0.15, 0.2) is 36.4 Å². The first-order valence-corrected chi connectivity index (χ1v) is 6.00. The summed E-state index contributed by atoms with van der Waals surface area (Å²) in [7, 11) is 0. The first-order valence-electron chi connectivity index (χ1n) is 5.62. The van der Waals surface area contributed by atoms with Crippen LogP contribution in [0.1, 0.15) is 10.4 Å². The smallest absolute Gasteiger partial charge is 0.338 e. The molecule has 0 radical (unpaired) electrons. The van der Waals surface area contributed by atoms with Gasteiger partial charge in [0.2, 0.25) is 0 Å². The maximum Gasteiger partial charge on any atom is 0.338 e. The number of nitro groups is 1. The Labute approximate surface area is 122 Å². The van der Waals surface area contributed by atoms with Gasteiger partial charge in [0, 0.05) is 12.1 Å². The van der Waals surface area contributed by atoms with Crippen LogP contribution in [0, 0.1) is 15.9 Å². The topological polar surface area (TPSA) is 92.5 Å². The van der Waals surface area contributed by atoms with Crippen molar-refractivity contribution in [2.24, 2.45) is 0 Å². The number of hydrogen-bond donors (Lipinski definition) is 2. The molecule has 108 valence electrons. The third-order valence-electron chi connectivity index (χ3n) is 2.64. The number of benzene rings is 2. The van der Waals surface area contributed by atoms with E-state index < -0.39 is 16.7 Å². The van der Waals surface area contributed by atoms with Crippen LogP contribution in [0.2, 0.25) is 5.02 Å². The van der Waals surface area contributed by atoms with Gasteiger partial charge in [0.1, 0.15) is 5.82 Å². The van der Waals surface area contributed by atoms with Gasteiger partial charge in [-0.25, -0.2) is 9.18 Å². The minimum absolute atomic E-state index is 0.0700. The van der Waals surface area contributed by atoms with Crippen LogP contribution in [0.3, 0.4) is 0 Å². The van der Waals surface area contributed by atoms with Gasteiger partial charge in [-0.1, -0.05) is 11.6 Å². The lowest BCUT2D eigenvalue weighted by atomic mass is 10.1. The number of carbonyl (C=O) groups is 1. The maximum absolute atomic E-state index is 13.2. The van der Waals surface area contributed by atoms with Crippen molar-refractivity contribution in [2.45, 2.75) is 0 Å². The van der Waals surface area contributed by atoms with Crippen molar-refractivity contribution in [3.63, 3.8) is 0 Å². The van der Waals surface area contributed by atoms with Gasteiger partial charge in [-0.3, -0.25) is 10.1 Å². The average Bonchev–Trinajstić information content (AvgIpc) is 2.42. The molecule has 0 unspecified atom stereocenters. The van der Waals surface area contributed by atoms with Crippen molar-refractivity contribution in [3.05, 3.63) is 62.9 Å². The molecule has 0 amide bonds. The monoisotopic (exact) mass is 310 g/mol. The molecule has 6 nitrogen and oxygen atoms in total. The lowest BCUT2D eigenvalue weighted by molar-refractivity contribution is -0.384. The molecular formula is C13H8ClFN2O4. The molecule has 8 heteroatoms. The van der Waals surface area contributed by atoms with Crippen LogP contribution >= 0.6 is 11.6 Å². The van der Waals surface area contributed by atoms with Gasteiger partial charge in [0.25, 0.3) is 5.69 Å². The molecule has 0 saturated heterocycles. The normalized spacial score (nSPS) is 10.2. The molecule has 0 aliphatic carbocycles. The van der Waals surface area contributed by atoms with E-state index in [9.17, 15) is 19.3 Å². The van der Waals surface area contributed by atoms with E-state index in [0.29, 0.717) is 0 Å². The van der Waals surface area contributed by atoms with Crippen LogP contribution in [0.4, 0.5) is 21.5 Å². The highest BCUT2D eigenvalue weighted by Gasteiger charge is 2.17. The minimum Gasteiger partial charge on any atom is -0.478 e. The zero-order chi connectivity index (χ0) is 15.6. The Bertz CT molecular complexity index is 736. The number of nitrogens with one attached hydrogen (secondary N) is 1. The summed E-state index contributed by atoms with van der Waals surface area (Å²) in [4.78, 5) is 21.1. The molecule has 2 aromatic rings. The van der Waals surface area contributed by atoms with Crippen molar-refractivity contribution in [1.82, 2.24) is 0 Å². The Morgan fingerprint density at radius 2 is 1.95 bits per heavy atom. The van der Waals surface area contributed by atoms with Gasteiger partial charge in [-0.05, 0) is 24.3 Å². The third-order valence-corrected chi connectivity index (χ3v) is 2.97. The number of carboxylic acids is 1. The summed E-state index contributed by atoms with van der Waals surface area (Å²) in [6.07, 6.45) is 0. The maximum atomic E-state index is 13.2. The van der Waals surface area contributed by atoms with Crippen molar-refractivity contribution in [3.8, 4) is 0 Å². The number of hydrogen-bond acceptors (Lipinski definition) is 4. The summed E-state index contributed by atoms with van der Waals surface area (Å²) < 4.78 is 13.2. The van der Waals surface area contributed by atoms with Crippen LogP contribution in [0.25, 0.3) is 0 Å². The van der Waals surface area contributed by atoms with Crippen LogP contribution in [-0.4, -0.2) is 16.0 Å². The fourth-order valence-electron chi connectivity index (χ4n) is 1.67. The van der Waals surface area contributed by atoms with Crippen molar-refractivity contribution >= 4 is 34.6 Å². The lowest BCUT2D eigenvalue weighted by Crippen LogP contribution is -2.04. The second kappa shape index (κ2) is 5.76. The molecule has 0 heterocycles. The molecule has 21 heavy (non-hydrogen) atoms. The van der Waals surface area contributed by atoms with E-state index in [1.165, 1.54) is 12.1 Å². The molecule has 0 atom stereocenters. The Balaban J connectivity index is 2.46. The number of halogens is 2. The van der Waals surface area contributed by atoms with E-state index in [0.717, 1.165) is 24.3 Å². The molecule has 2 rings (SSSR count). The van der Waals surface area contributed by atoms with Crippen LogP contribution in [0.5, 0.6) is 0 Å². The second-order valence-corrected chi connectivity index (χ2v) is 4.45. The highest BCUT2D eigenvalue weighted by molar-refractivity contribution is 6.33. The quantitative estimate of drug-likeness (QED) is 0.661. The summed E-state index contributed by atoms with van der Waals surface area (Å²) in [5.41, 5.74) is -0.443. The van der Waals surface area contributed by atoms with E-state index in [1.807, 2.05) is 0 Å². The minimum atomic E-state index is -1.35. The van der Waals surface area contributed by atoms with Crippen LogP contribution in [-0.2, 0) is 0 Å². The highest BCUT2D eigenvalue weighted by Crippen LogP contribution is 2.29. The molecule has 0 aliphatic heterocycles. The summed E-state index contributed by atoms with van der Waals surface area (Å²) in [6.45, 7) is 0. The SMILES string of the molecule is O=C(O)c1cc([N+](=O)[O-])ccc1Nc1cc(F)ccc1Cl. The average molecular weight is 311 g/mol. The zero-order valence-corrected chi connectivity index (χ0v) is 11.1. The van der Waals surface area contributed by atoms with Crippen molar-refractivity contribution < 1.29 is 19.2 Å². The van der Waals surface area contributed by atoms with E-state index in [1.54, 1.807) is 0 Å². The van der Waals surface area contributed by atoms with E-state index >= 15 is 0 Å².